The molecule has 7 heteroatoms. The first kappa shape index (κ1) is 14.7. The van der Waals surface area contributed by atoms with E-state index in [4.69, 9.17) is 10.8 Å². The van der Waals surface area contributed by atoms with Crippen molar-refractivity contribution in [3.05, 3.63) is 28.5 Å². The maximum absolute atomic E-state index is 12.9. The number of pyridine rings is 1. The van der Waals surface area contributed by atoms with Crippen LogP contribution in [0.15, 0.2) is 22.9 Å². The molecule has 0 saturated heterocycles. The van der Waals surface area contributed by atoms with Crippen molar-refractivity contribution < 1.29 is 13.9 Å². The molecule has 0 aliphatic carbocycles. The summed E-state index contributed by atoms with van der Waals surface area (Å²) in [5.74, 6) is -3.32. The molecule has 0 spiro atoms. The molecular weight excluding hydrogens is 293 g/mol. The number of rotatable bonds is 3. The monoisotopic (exact) mass is 302 g/mol. The summed E-state index contributed by atoms with van der Waals surface area (Å²) < 4.78 is 26.4. The number of hydrogen-bond donors (Lipinski definition) is 2. The summed E-state index contributed by atoms with van der Waals surface area (Å²) in [4.78, 5) is 3.77. The fourth-order valence-corrected chi connectivity index (χ4v) is 1.15. The molecule has 1 atom stereocenters. The normalized spacial score (nSPS) is 13.1. The number of aliphatic hydroxyl groups is 1. The minimum absolute atomic E-state index is 0. The molecule has 0 aliphatic heterocycles. The van der Waals surface area contributed by atoms with E-state index in [9.17, 15) is 8.78 Å². The highest BCUT2D eigenvalue weighted by atomic mass is 79.9. The van der Waals surface area contributed by atoms with Crippen LogP contribution >= 0.6 is 28.3 Å². The van der Waals surface area contributed by atoms with Crippen molar-refractivity contribution in [1.29, 1.82) is 0 Å². The molecule has 0 aliphatic rings. The van der Waals surface area contributed by atoms with Gasteiger partial charge in [0.1, 0.15) is 11.2 Å². The van der Waals surface area contributed by atoms with E-state index in [0.717, 1.165) is 0 Å². The third-order valence-corrected chi connectivity index (χ3v) is 2.24. The highest BCUT2D eigenvalue weighted by Crippen LogP contribution is 2.28. The van der Waals surface area contributed by atoms with E-state index in [1.54, 1.807) is 0 Å². The lowest BCUT2D eigenvalue weighted by atomic mass is 10.0. The van der Waals surface area contributed by atoms with Crippen molar-refractivity contribution in [2.24, 2.45) is 5.73 Å². The molecule has 0 amide bonds. The van der Waals surface area contributed by atoms with Crippen LogP contribution < -0.4 is 5.73 Å². The van der Waals surface area contributed by atoms with Crippen LogP contribution in [0.25, 0.3) is 0 Å². The van der Waals surface area contributed by atoms with Crippen LogP contribution in [-0.2, 0) is 0 Å². The van der Waals surface area contributed by atoms with E-state index in [1.165, 1.54) is 18.3 Å². The summed E-state index contributed by atoms with van der Waals surface area (Å²) in [6, 6.07) is 1.42. The van der Waals surface area contributed by atoms with Crippen molar-refractivity contribution >= 4 is 28.3 Å². The van der Waals surface area contributed by atoms with Crippen LogP contribution in [0, 0.1) is 0 Å². The van der Waals surface area contributed by atoms with E-state index < -0.39 is 18.6 Å². The van der Waals surface area contributed by atoms with Crippen molar-refractivity contribution in [3.63, 3.8) is 0 Å². The molecule has 0 saturated carbocycles. The summed E-state index contributed by atoms with van der Waals surface area (Å²) in [5.41, 5.74) is 5.46. The second-order valence-corrected chi connectivity index (χ2v) is 3.62. The summed E-state index contributed by atoms with van der Waals surface area (Å²) in [6.45, 7) is -1.27. The van der Waals surface area contributed by atoms with Gasteiger partial charge in [0.2, 0.25) is 0 Å². The maximum atomic E-state index is 12.9. The molecule has 1 heterocycles. The third kappa shape index (κ3) is 3.64. The summed E-state index contributed by atoms with van der Waals surface area (Å²) >= 11 is 3.07. The van der Waals surface area contributed by atoms with Crippen LogP contribution in [0.1, 0.15) is 11.6 Å². The number of hydrogen-bond acceptors (Lipinski definition) is 3. The summed E-state index contributed by atoms with van der Waals surface area (Å²) in [5, 5.41) is 8.42. The zero-order valence-corrected chi connectivity index (χ0v) is 9.93. The van der Waals surface area contributed by atoms with Crippen LogP contribution in [-0.4, -0.2) is 22.6 Å². The second kappa shape index (κ2) is 5.69. The number of alkyl halides is 2. The number of aromatic nitrogens is 1. The van der Waals surface area contributed by atoms with Crippen LogP contribution in [0.3, 0.4) is 0 Å². The maximum Gasteiger partial charge on any atom is 0.289 e. The highest BCUT2D eigenvalue weighted by Gasteiger charge is 2.37. The van der Waals surface area contributed by atoms with Crippen LogP contribution in [0.2, 0.25) is 0 Å². The van der Waals surface area contributed by atoms with Gasteiger partial charge in [-0.05, 0) is 27.6 Å². The molecule has 0 bridgehead atoms. The zero-order valence-electron chi connectivity index (χ0n) is 7.53. The van der Waals surface area contributed by atoms with Crippen LogP contribution in [0.5, 0.6) is 0 Å². The van der Waals surface area contributed by atoms with Crippen LogP contribution in [0.4, 0.5) is 8.78 Å². The standard InChI is InChI=1S/C8H9BrF2N2O.ClH/c9-6-2-1-5(3-13-6)7(12)8(10,11)4-14;/h1-3,7,14H,4,12H2;1H/t7-;/m0./s1. The molecular formula is C8H10BrClF2N2O. The molecule has 3 N–H and O–H groups in total. The van der Waals surface area contributed by atoms with Crippen molar-refractivity contribution in [1.82, 2.24) is 4.98 Å². The van der Waals surface area contributed by atoms with Gasteiger partial charge in [0.05, 0.1) is 6.04 Å². The molecule has 1 rings (SSSR count). The average Bonchev–Trinajstić information content (AvgIpc) is 2.18. The number of nitrogens with two attached hydrogens (primary N) is 1. The molecule has 0 radical (unpaired) electrons. The van der Waals surface area contributed by atoms with Gasteiger partial charge in [-0.25, -0.2) is 13.8 Å². The molecule has 15 heavy (non-hydrogen) atoms. The topological polar surface area (TPSA) is 59.1 Å². The van der Waals surface area contributed by atoms with Gasteiger partial charge in [0.25, 0.3) is 5.92 Å². The fourth-order valence-electron chi connectivity index (χ4n) is 0.913. The molecule has 86 valence electrons. The Morgan fingerprint density at radius 1 is 1.53 bits per heavy atom. The first-order valence-corrected chi connectivity index (χ1v) is 4.62. The SMILES string of the molecule is Cl.N[C@@H](c1ccc(Br)nc1)C(F)(F)CO. The lowest BCUT2D eigenvalue weighted by Crippen LogP contribution is -2.36. The molecule has 0 unspecified atom stereocenters. The first-order valence-electron chi connectivity index (χ1n) is 3.83. The first-order chi connectivity index (χ1) is 6.47. The Bertz CT molecular complexity index is 310. The Labute approximate surface area is 100 Å². The third-order valence-electron chi connectivity index (χ3n) is 1.78. The Balaban J connectivity index is 0.00000196. The largest absolute Gasteiger partial charge is 0.390 e. The fraction of sp³-hybridized carbons (Fsp3) is 0.375. The van der Waals surface area contributed by atoms with Gasteiger partial charge in [0, 0.05) is 6.20 Å². The number of aliphatic hydroxyl groups excluding tert-OH is 1. The Kier molecular flexibility index (Phi) is 5.58. The van der Waals surface area contributed by atoms with Gasteiger partial charge in [0.15, 0.2) is 0 Å². The lowest BCUT2D eigenvalue weighted by Gasteiger charge is -2.21. The van der Waals surface area contributed by atoms with E-state index in [-0.39, 0.29) is 18.0 Å². The van der Waals surface area contributed by atoms with Gasteiger partial charge in [-0.2, -0.15) is 0 Å². The minimum atomic E-state index is -3.32. The Hall–Kier alpha value is -0.300. The molecule has 1 aromatic rings. The minimum Gasteiger partial charge on any atom is -0.390 e. The number of nitrogens with zero attached hydrogens (tertiary/aromatic N) is 1. The quantitative estimate of drug-likeness (QED) is 0.839. The zero-order chi connectivity index (χ0) is 10.8. The molecule has 1 aromatic heterocycles. The van der Waals surface area contributed by atoms with Gasteiger partial charge in [-0.15, -0.1) is 12.4 Å². The average molecular weight is 304 g/mol. The Morgan fingerprint density at radius 3 is 2.53 bits per heavy atom. The van der Waals surface area contributed by atoms with Crippen molar-refractivity contribution in [2.75, 3.05) is 6.61 Å². The van der Waals surface area contributed by atoms with E-state index >= 15 is 0 Å². The summed E-state index contributed by atoms with van der Waals surface area (Å²) in [6.07, 6.45) is 1.25. The van der Waals surface area contributed by atoms with E-state index in [0.29, 0.717) is 4.60 Å². The second-order valence-electron chi connectivity index (χ2n) is 2.81. The molecule has 0 aromatic carbocycles. The highest BCUT2D eigenvalue weighted by molar-refractivity contribution is 9.10. The smallest absolute Gasteiger partial charge is 0.289 e. The van der Waals surface area contributed by atoms with Gasteiger partial charge in [-0.1, -0.05) is 6.07 Å². The molecule has 3 nitrogen and oxygen atoms in total. The molecule has 0 fully saturated rings. The van der Waals surface area contributed by atoms with E-state index in [2.05, 4.69) is 20.9 Å². The lowest BCUT2D eigenvalue weighted by molar-refractivity contribution is -0.0712. The summed E-state index contributed by atoms with van der Waals surface area (Å²) in [7, 11) is 0. The number of halogens is 4. The predicted octanol–water partition coefficient (Wildman–Crippen LogP) is 1.89. The Morgan fingerprint density at radius 2 is 2.13 bits per heavy atom. The van der Waals surface area contributed by atoms with Crippen molar-refractivity contribution in [3.8, 4) is 0 Å². The van der Waals surface area contributed by atoms with Gasteiger partial charge >= 0.3 is 0 Å². The van der Waals surface area contributed by atoms with E-state index in [1.807, 2.05) is 0 Å². The van der Waals surface area contributed by atoms with Gasteiger partial charge < -0.3 is 10.8 Å². The predicted molar refractivity (Wildman–Crippen MR) is 58.1 cm³/mol. The van der Waals surface area contributed by atoms with Gasteiger partial charge in [-0.3, -0.25) is 0 Å². The van der Waals surface area contributed by atoms with Crippen molar-refractivity contribution in [2.45, 2.75) is 12.0 Å².